The highest BCUT2D eigenvalue weighted by Crippen LogP contribution is 2.40. The molecule has 2 atom stereocenters. The third kappa shape index (κ3) is 5.08. The predicted octanol–water partition coefficient (Wildman–Crippen LogP) is 0.730. The summed E-state index contributed by atoms with van der Waals surface area (Å²) in [6, 6.07) is 6.18. The molecule has 184 valence electrons. The number of carboxylic acids is 2. The standard InChI is InChI=1S/C23H24N4O7S/c24-18-21(32)27-19(23(33)34)14(11-35-22(18)27)9-13-7-8-26(20(13)31)10-12-1-3-15(4-2-12)25-16(28)5-6-17(29)30/h1-4,9,18,22H,5-8,10-11,24H2,(H,25,28)(H,29,30)(H,33,34)/b13-9+/t18-,22-/m1/s1. The van der Waals surface area contributed by atoms with Crippen LogP contribution in [0.5, 0.6) is 0 Å². The van der Waals surface area contributed by atoms with Gasteiger partial charge in [0.1, 0.15) is 17.1 Å². The van der Waals surface area contributed by atoms with E-state index in [0.717, 1.165) is 5.56 Å². The van der Waals surface area contributed by atoms with E-state index in [1.807, 2.05) is 0 Å². The fraction of sp³-hybridized carbons (Fsp3) is 0.348. The molecule has 0 bridgehead atoms. The van der Waals surface area contributed by atoms with E-state index in [0.29, 0.717) is 42.1 Å². The van der Waals surface area contributed by atoms with E-state index in [1.54, 1.807) is 35.2 Å². The number of nitrogens with zero attached hydrogens (tertiary/aromatic N) is 2. The number of thioether (sulfide) groups is 1. The second-order valence-corrected chi connectivity index (χ2v) is 9.50. The van der Waals surface area contributed by atoms with Crippen LogP contribution in [0.1, 0.15) is 24.8 Å². The number of fused-ring (bicyclic) bond motifs is 1. The quantitative estimate of drug-likeness (QED) is 0.297. The lowest BCUT2D eigenvalue weighted by Crippen LogP contribution is -2.68. The van der Waals surface area contributed by atoms with Gasteiger partial charge in [-0.15, -0.1) is 11.8 Å². The van der Waals surface area contributed by atoms with Gasteiger partial charge in [-0.05, 0) is 35.8 Å². The van der Waals surface area contributed by atoms with Crippen LogP contribution in [0.4, 0.5) is 5.69 Å². The van der Waals surface area contributed by atoms with E-state index in [1.165, 1.54) is 16.7 Å². The molecular formula is C23H24N4O7S. The van der Waals surface area contributed by atoms with Crippen LogP contribution in [-0.2, 0) is 30.5 Å². The lowest BCUT2D eigenvalue weighted by atomic mass is 10.0. The van der Waals surface area contributed by atoms with Crippen molar-refractivity contribution in [2.24, 2.45) is 5.73 Å². The number of carbonyl (C=O) groups is 5. The highest BCUT2D eigenvalue weighted by Gasteiger charge is 2.51. The number of anilines is 1. The molecule has 3 aliphatic rings. The first-order valence-corrected chi connectivity index (χ1v) is 12.0. The molecule has 1 aromatic rings. The van der Waals surface area contributed by atoms with Gasteiger partial charge in [-0.1, -0.05) is 12.1 Å². The first-order chi connectivity index (χ1) is 16.7. The fourth-order valence-electron chi connectivity index (χ4n) is 4.17. The van der Waals surface area contributed by atoms with Crippen molar-refractivity contribution in [3.8, 4) is 0 Å². The molecule has 0 unspecified atom stereocenters. The third-order valence-corrected chi connectivity index (χ3v) is 7.30. The van der Waals surface area contributed by atoms with E-state index in [-0.39, 0.29) is 24.4 Å². The zero-order valence-electron chi connectivity index (χ0n) is 18.6. The minimum atomic E-state index is -1.22. The summed E-state index contributed by atoms with van der Waals surface area (Å²) in [5.74, 6) is -2.95. The molecule has 11 nitrogen and oxygen atoms in total. The number of aliphatic carboxylic acids is 2. The van der Waals surface area contributed by atoms with Crippen molar-refractivity contribution in [2.45, 2.75) is 37.2 Å². The molecule has 0 aromatic heterocycles. The molecule has 3 amide bonds. The zero-order valence-corrected chi connectivity index (χ0v) is 19.4. The van der Waals surface area contributed by atoms with Gasteiger partial charge in [0.2, 0.25) is 17.7 Å². The van der Waals surface area contributed by atoms with Gasteiger partial charge < -0.3 is 26.2 Å². The number of nitrogens with two attached hydrogens (primary N) is 1. The van der Waals surface area contributed by atoms with Crippen molar-refractivity contribution in [3.05, 3.63) is 52.7 Å². The lowest BCUT2D eigenvalue weighted by molar-refractivity contribution is -0.147. The summed E-state index contributed by atoms with van der Waals surface area (Å²) < 4.78 is 0. The van der Waals surface area contributed by atoms with Gasteiger partial charge in [0, 0.05) is 36.5 Å². The Morgan fingerprint density at radius 1 is 1.14 bits per heavy atom. The number of rotatable bonds is 8. The second kappa shape index (κ2) is 9.92. The van der Waals surface area contributed by atoms with Gasteiger partial charge in [-0.25, -0.2) is 4.79 Å². The molecule has 2 fully saturated rings. The molecule has 12 heteroatoms. The first kappa shape index (κ1) is 24.5. The Bertz CT molecular complexity index is 1160. The van der Waals surface area contributed by atoms with Crippen LogP contribution in [0.3, 0.4) is 0 Å². The Hall–Kier alpha value is -3.64. The van der Waals surface area contributed by atoms with E-state index in [2.05, 4.69) is 5.32 Å². The van der Waals surface area contributed by atoms with Crippen molar-refractivity contribution in [2.75, 3.05) is 17.6 Å². The van der Waals surface area contributed by atoms with Crippen LogP contribution in [0.2, 0.25) is 0 Å². The van der Waals surface area contributed by atoms with Crippen LogP contribution in [0, 0.1) is 0 Å². The monoisotopic (exact) mass is 500 g/mol. The van der Waals surface area contributed by atoms with Gasteiger partial charge in [0.05, 0.1) is 6.42 Å². The summed E-state index contributed by atoms with van der Waals surface area (Å²) in [5, 5.41) is 20.6. The molecule has 5 N–H and O–H groups in total. The number of carboxylic acid groups (broad SMARTS) is 2. The number of likely N-dealkylation sites (tertiary alicyclic amines) is 1. The summed E-state index contributed by atoms with van der Waals surface area (Å²) in [6.07, 6.45) is 1.67. The van der Waals surface area contributed by atoms with Crippen molar-refractivity contribution in [3.63, 3.8) is 0 Å². The number of nitrogens with one attached hydrogen (secondary N) is 1. The number of amides is 3. The smallest absolute Gasteiger partial charge is 0.352 e. The largest absolute Gasteiger partial charge is 0.481 e. The number of benzene rings is 1. The summed E-state index contributed by atoms with van der Waals surface area (Å²) >= 11 is 1.38. The predicted molar refractivity (Wildman–Crippen MR) is 126 cm³/mol. The first-order valence-electron chi connectivity index (χ1n) is 10.9. The van der Waals surface area contributed by atoms with Crippen molar-refractivity contribution >= 4 is 47.1 Å². The minimum Gasteiger partial charge on any atom is -0.481 e. The van der Waals surface area contributed by atoms with Gasteiger partial charge in [0.15, 0.2) is 0 Å². The maximum Gasteiger partial charge on any atom is 0.352 e. The Morgan fingerprint density at radius 2 is 1.86 bits per heavy atom. The average molecular weight is 501 g/mol. The molecular weight excluding hydrogens is 476 g/mol. The maximum absolute atomic E-state index is 13.0. The second-order valence-electron chi connectivity index (χ2n) is 8.40. The highest BCUT2D eigenvalue weighted by atomic mass is 32.2. The summed E-state index contributed by atoms with van der Waals surface area (Å²) in [6.45, 7) is 0.807. The van der Waals surface area contributed by atoms with E-state index in [4.69, 9.17) is 10.8 Å². The van der Waals surface area contributed by atoms with E-state index in [9.17, 15) is 29.1 Å². The number of hydrogen-bond donors (Lipinski definition) is 4. The van der Waals surface area contributed by atoms with Crippen LogP contribution >= 0.6 is 11.8 Å². The topological polar surface area (TPSA) is 170 Å². The summed E-state index contributed by atoms with van der Waals surface area (Å²) in [4.78, 5) is 62.1. The van der Waals surface area contributed by atoms with Gasteiger partial charge in [0.25, 0.3) is 0 Å². The molecule has 3 aliphatic heterocycles. The highest BCUT2D eigenvalue weighted by molar-refractivity contribution is 8.00. The Morgan fingerprint density at radius 3 is 2.51 bits per heavy atom. The fourth-order valence-corrected chi connectivity index (χ4v) is 5.42. The maximum atomic E-state index is 13.0. The van der Waals surface area contributed by atoms with E-state index < -0.39 is 35.2 Å². The Balaban J connectivity index is 1.41. The molecule has 35 heavy (non-hydrogen) atoms. The molecule has 4 rings (SSSR count). The third-order valence-electron chi connectivity index (χ3n) is 5.98. The molecule has 0 spiro atoms. The van der Waals surface area contributed by atoms with Crippen LogP contribution in [0.25, 0.3) is 0 Å². The summed E-state index contributed by atoms with van der Waals surface area (Å²) in [5.41, 5.74) is 7.93. The number of hydrogen-bond acceptors (Lipinski definition) is 7. The zero-order chi connectivity index (χ0) is 25.3. The van der Waals surface area contributed by atoms with Crippen molar-refractivity contribution in [1.82, 2.24) is 9.80 Å². The van der Waals surface area contributed by atoms with Gasteiger partial charge >= 0.3 is 11.9 Å². The molecule has 2 saturated heterocycles. The average Bonchev–Trinajstić information content (AvgIpc) is 3.16. The van der Waals surface area contributed by atoms with Crippen LogP contribution in [0.15, 0.2) is 47.2 Å². The minimum absolute atomic E-state index is 0.111. The number of β-lactam (4-membered cyclic amide) rings is 1. The Labute approximate surface area is 204 Å². The van der Waals surface area contributed by atoms with Gasteiger partial charge in [-0.2, -0.15) is 0 Å². The van der Waals surface area contributed by atoms with Crippen LogP contribution < -0.4 is 11.1 Å². The Kier molecular flexibility index (Phi) is 6.94. The van der Waals surface area contributed by atoms with Crippen LogP contribution in [-0.4, -0.2) is 73.4 Å². The van der Waals surface area contributed by atoms with Crippen molar-refractivity contribution < 1.29 is 34.2 Å². The van der Waals surface area contributed by atoms with Gasteiger partial charge in [-0.3, -0.25) is 24.1 Å². The molecule has 0 aliphatic carbocycles. The molecule has 1 aromatic carbocycles. The normalized spacial score (nSPS) is 22.8. The molecule has 3 heterocycles. The van der Waals surface area contributed by atoms with Crippen molar-refractivity contribution in [1.29, 1.82) is 0 Å². The SMILES string of the molecule is N[C@@H]1C(=O)N2C(C(=O)O)=C(/C=C3\CCN(Cc4ccc(NC(=O)CCC(=O)O)cc4)C3=O)CS[C@H]12. The van der Waals surface area contributed by atoms with E-state index >= 15 is 0 Å². The molecule has 0 saturated carbocycles. The number of allylic oxidation sites excluding steroid dienone is 1. The molecule has 0 radical (unpaired) electrons. The lowest BCUT2D eigenvalue weighted by Gasteiger charge is -2.47. The number of carbonyl (C=O) groups excluding carboxylic acids is 3. The summed E-state index contributed by atoms with van der Waals surface area (Å²) in [7, 11) is 0.